The Hall–Kier alpha value is -4.28. The van der Waals surface area contributed by atoms with Gasteiger partial charge in [-0.1, -0.05) is 0 Å². The Morgan fingerprint density at radius 1 is 1.27 bits per heavy atom. The summed E-state index contributed by atoms with van der Waals surface area (Å²) in [6.45, 7) is 0. The van der Waals surface area contributed by atoms with Gasteiger partial charge in [0.2, 0.25) is 5.95 Å². The Balaban J connectivity index is 1.99. The predicted molar refractivity (Wildman–Crippen MR) is 110 cm³/mol. The lowest BCUT2D eigenvalue weighted by Crippen LogP contribution is -2.18. The Morgan fingerprint density at radius 2 is 2.03 bits per heavy atom. The Morgan fingerprint density at radius 3 is 2.73 bits per heavy atom. The molecule has 3 N–H and O–H groups in total. The fourth-order valence-electron chi connectivity index (χ4n) is 3.18. The molecule has 2 aromatic heterocycles. The largest absolute Gasteiger partial charge is 0.490 e. The van der Waals surface area contributed by atoms with Gasteiger partial charge in [0.05, 0.1) is 34.8 Å². The van der Waals surface area contributed by atoms with E-state index in [0.717, 1.165) is 6.07 Å². The first kappa shape index (κ1) is 19.1. The zero-order chi connectivity index (χ0) is 21.6. The van der Waals surface area contributed by atoms with Crippen LogP contribution in [0.4, 0.5) is 27.4 Å². The second-order valence-electron chi connectivity index (χ2n) is 6.48. The minimum absolute atomic E-state index is 0.0166. The fourth-order valence-corrected chi connectivity index (χ4v) is 3.18. The summed E-state index contributed by atoms with van der Waals surface area (Å²) in [6, 6.07) is 6.57. The molecule has 0 aliphatic carbocycles. The van der Waals surface area contributed by atoms with Crippen LogP contribution in [-0.4, -0.2) is 26.6 Å². The van der Waals surface area contributed by atoms with E-state index in [-0.39, 0.29) is 28.5 Å². The number of hydrogen-bond donors (Lipinski definition) is 2. The quantitative estimate of drug-likeness (QED) is 0.227. The van der Waals surface area contributed by atoms with E-state index in [4.69, 9.17) is 10.5 Å². The van der Waals surface area contributed by atoms with Crippen LogP contribution in [0, 0.1) is 15.9 Å². The number of nitrogens with zero attached hydrogens (tertiary/aromatic N) is 4. The third-order valence-electron chi connectivity index (χ3n) is 4.67. The predicted octanol–water partition coefficient (Wildman–Crippen LogP) is 2.86. The fraction of sp³-hybridized carbons (Fsp3) is 0.105. The Labute approximate surface area is 167 Å². The van der Waals surface area contributed by atoms with Crippen LogP contribution in [0.2, 0.25) is 0 Å². The lowest BCUT2D eigenvalue weighted by atomic mass is 10.1. The first-order valence-corrected chi connectivity index (χ1v) is 8.64. The first-order valence-electron chi connectivity index (χ1n) is 8.64. The number of anilines is 3. The van der Waals surface area contributed by atoms with Gasteiger partial charge in [-0.3, -0.25) is 14.9 Å². The van der Waals surface area contributed by atoms with Crippen LogP contribution in [-0.2, 0) is 7.05 Å². The lowest BCUT2D eigenvalue weighted by molar-refractivity contribution is -0.385. The highest BCUT2D eigenvalue weighted by Crippen LogP contribution is 2.33. The van der Waals surface area contributed by atoms with E-state index in [2.05, 4.69) is 15.3 Å². The number of nitro groups is 1. The number of aromatic nitrogens is 3. The monoisotopic (exact) mass is 410 g/mol. The third-order valence-corrected chi connectivity index (χ3v) is 4.67. The van der Waals surface area contributed by atoms with Gasteiger partial charge < -0.3 is 20.4 Å². The van der Waals surface area contributed by atoms with Crippen molar-refractivity contribution in [2.24, 2.45) is 7.05 Å². The zero-order valence-electron chi connectivity index (χ0n) is 15.8. The summed E-state index contributed by atoms with van der Waals surface area (Å²) < 4.78 is 20.5. The number of pyridine rings is 1. The molecule has 4 rings (SSSR count). The molecule has 152 valence electrons. The number of benzene rings is 2. The van der Waals surface area contributed by atoms with E-state index in [1.54, 1.807) is 0 Å². The molecule has 30 heavy (non-hydrogen) atoms. The maximum atomic E-state index is 14.1. The SMILES string of the molecule is COc1cc2c(cc1[N+](=O)[O-])c(=O)n(C)c1cnc(Nc3cc(N)ccc3F)nc21. The van der Waals surface area contributed by atoms with Gasteiger partial charge in [-0.15, -0.1) is 0 Å². The molecule has 0 fully saturated rings. The van der Waals surface area contributed by atoms with E-state index >= 15 is 0 Å². The minimum atomic E-state index is -0.628. The Kier molecular flexibility index (Phi) is 4.42. The second-order valence-corrected chi connectivity index (χ2v) is 6.48. The first-order chi connectivity index (χ1) is 14.3. The molecule has 0 amide bonds. The van der Waals surface area contributed by atoms with Gasteiger partial charge >= 0.3 is 5.69 Å². The summed E-state index contributed by atoms with van der Waals surface area (Å²) >= 11 is 0. The number of nitrogens with one attached hydrogen (secondary N) is 1. The molecular weight excluding hydrogens is 395 g/mol. The molecule has 10 nitrogen and oxygen atoms in total. The van der Waals surface area contributed by atoms with E-state index in [9.17, 15) is 19.3 Å². The van der Waals surface area contributed by atoms with Crippen molar-refractivity contribution in [1.82, 2.24) is 14.5 Å². The summed E-state index contributed by atoms with van der Waals surface area (Å²) in [5.41, 5.74) is 6.07. The molecule has 0 saturated heterocycles. The molecule has 2 aromatic carbocycles. The average molecular weight is 410 g/mol. The third kappa shape index (κ3) is 3.02. The van der Waals surface area contributed by atoms with Gasteiger partial charge in [-0.2, -0.15) is 0 Å². The van der Waals surface area contributed by atoms with Crippen molar-refractivity contribution in [3.05, 3.63) is 62.8 Å². The standard InChI is InChI=1S/C19H15FN6O4/c1-25-15-8-22-19(23-13-5-9(21)3-4-12(13)20)24-17(15)10-7-16(30-2)14(26(28)29)6-11(10)18(25)27/h3-8H,21H2,1-2H3,(H,22,23,24). The number of ether oxygens (including phenoxy) is 1. The lowest BCUT2D eigenvalue weighted by Gasteiger charge is -2.12. The summed E-state index contributed by atoms with van der Waals surface area (Å²) in [7, 11) is 2.80. The smallest absolute Gasteiger partial charge is 0.311 e. The molecule has 0 unspecified atom stereocenters. The molecule has 0 spiro atoms. The maximum Gasteiger partial charge on any atom is 0.311 e. The maximum absolute atomic E-state index is 14.1. The van der Waals surface area contributed by atoms with E-state index in [1.165, 1.54) is 49.2 Å². The van der Waals surface area contributed by atoms with Gasteiger partial charge in [0, 0.05) is 24.2 Å². The number of hydrogen-bond acceptors (Lipinski definition) is 8. The van der Waals surface area contributed by atoms with E-state index < -0.39 is 16.3 Å². The number of methoxy groups -OCH3 is 1. The van der Waals surface area contributed by atoms with Crippen LogP contribution in [0.25, 0.3) is 21.8 Å². The summed E-state index contributed by atoms with van der Waals surface area (Å²) in [5.74, 6) is -0.503. The number of nitro benzene ring substituents is 1. The summed E-state index contributed by atoms with van der Waals surface area (Å²) in [6.07, 6.45) is 1.41. The van der Waals surface area contributed by atoms with Crippen LogP contribution >= 0.6 is 0 Å². The zero-order valence-corrected chi connectivity index (χ0v) is 15.8. The molecule has 0 radical (unpaired) electrons. The van der Waals surface area contributed by atoms with Crippen molar-refractivity contribution >= 4 is 44.8 Å². The van der Waals surface area contributed by atoms with Crippen LogP contribution in [0.3, 0.4) is 0 Å². The topological polar surface area (TPSA) is 138 Å². The molecule has 11 heteroatoms. The average Bonchev–Trinajstić information content (AvgIpc) is 2.73. The number of nitrogen functional groups attached to an aromatic ring is 1. The van der Waals surface area contributed by atoms with E-state index in [0.29, 0.717) is 22.1 Å². The van der Waals surface area contributed by atoms with Crippen molar-refractivity contribution in [2.45, 2.75) is 0 Å². The molecule has 0 bridgehead atoms. The number of nitrogens with two attached hydrogens (primary N) is 1. The van der Waals surface area contributed by atoms with E-state index in [1.807, 2.05) is 0 Å². The molecule has 4 aromatic rings. The number of halogens is 1. The number of aryl methyl sites for hydroxylation is 1. The van der Waals surface area contributed by atoms with Gasteiger partial charge in [0.1, 0.15) is 11.3 Å². The van der Waals surface area contributed by atoms with Crippen LogP contribution in [0.5, 0.6) is 5.75 Å². The number of rotatable bonds is 4. The summed E-state index contributed by atoms with van der Waals surface area (Å²) in [4.78, 5) is 32.0. The van der Waals surface area contributed by atoms with Crippen molar-refractivity contribution in [3.63, 3.8) is 0 Å². The number of fused-ring (bicyclic) bond motifs is 3. The van der Waals surface area contributed by atoms with Gasteiger partial charge in [0.15, 0.2) is 5.75 Å². The molecule has 0 aliphatic rings. The van der Waals surface area contributed by atoms with Crippen molar-refractivity contribution < 1.29 is 14.1 Å². The Bertz CT molecular complexity index is 1400. The van der Waals surface area contributed by atoms with Crippen molar-refractivity contribution in [3.8, 4) is 5.75 Å². The van der Waals surface area contributed by atoms with Crippen LogP contribution < -0.4 is 21.3 Å². The summed E-state index contributed by atoms with van der Waals surface area (Å²) in [5, 5.41) is 14.5. The van der Waals surface area contributed by atoms with Crippen LogP contribution in [0.15, 0.2) is 41.3 Å². The highest BCUT2D eigenvalue weighted by atomic mass is 19.1. The second kappa shape index (κ2) is 6.95. The van der Waals surface area contributed by atoms with Gasteiger partial charge in [-0.05, 0) is 24.3 Å². The molecular formula is C19H15FN6O4. The van der Waals surface area contributed by atoms with Gasteiger partial charge in [0.25, 0.3) is 5.56 Å². The molecule has 0 saturated carbocycles. The minimum Gasteiger partial charge on any atom is -0.490 e. The molecule has 0 aliphatic heterocycles. The highest BCUT2D eigenvalue weighted by Gasteiger charge is 2.21. The normalized spacial score (nSPS) is 11.0. The molecule has 2 heterocycles. The van der Waals surface area contributed by atoms with Crippen molar-refractivity contribution in [2.75, 3.05) is 18.2 Å². The molecule has 0 atom stereocenters. The van der Waals surface area contributed by atoms with Crippen LogP contribution in [0.1, 0.15) is 0 Å². The van der Waals surface area contributed by atoms with Gasteiger partial charge in [-0.25, -0.2) is 14.4 Å². The highest BCUT2D eigenvalue weighted by molar-refractivity contribution is 6.05. The van der Waals surface area contributed by atoms with Crippen molar-refractivity contribution in [1.29, 1.82) is 0 Å².